The quantitative estimate of drug-likeness (QED) is 0.519. The number of Topliss-reactive ketones (excluding diaryl/α,β-unsaturated/α-hetero) is 1. The fraction of sp³-hybridized carbons (Fsp3) is 0.400. The molecule has 26 heavy (non-hydrogen) atoms. The Kier molecular flexibility index (Phi) is 5.83. The number of rotatable bonds is 7. The van der Waals surface area contributed by atoms with E-state index in [1.807, 2.05) is 0 Å². The normalized spacial score (nSPS) is 15.0. The molecule has 1 aromatic carbocycles. The summed E-state index contributed by atoms with van der Waals surface area (Å²) in [4.78, 5) is 31.3. The number of nitro benzene ring substituents is 2. The average Bonchev–Trinajstić information content (AvgIpc) is 2.60. The minimum atomic E-state index is -4.24. The molecule has 0 amide bonds. The summed E-state index contributed by atoms with van der Waals surface area (Å²) in [5.41, 5.74) is -0.883. The topological polar surface area (TPSA) is 141 Å². The third kappa shape index (κ3) is 4.11. The first kappa shape index (κ1) is 19.7. The molecule has 0 radical (unpaired) electrons. The molecule has 10 nitrogen and oxygen atoms in total. The van der Waals surface area contributed by atoms with Crippen LogP contribution in [-0.4, -0.2) is 41.9 Å². The summed E-state index contributed by atoms with van der Waals surface area (Å²) in [5.74, 6) is -0.0247. The van der Waals surface area contributed by atoms with Crippen LogP contribution in [0, 0.1) is 20.2 Å². The number of carbonyl (C=O) groups excluding carboxylic acids is 1. The van der Waals surface area contributed by atoms with E-state index in [-0.39, 0.29) is 18.7 Å². The molecule has 0 N–H and O–H groups in total. The number of hydrogen-bond acceptors (Lipinski definition) is 7. The third-order valence-corrected chi connectivity index (χ3v) is 6.00. The minimum Gasteiger partial charge on any atom is -0.295 e. The van der Waals surface area contributed by atoms with Crippen LogP contribution >= 0.6 is 0 Å². The van der Waals surface area contributed by atoms with Crippen LogP contribution in [0.2, 0.25) is 0 Å². The van der Waals surface area contributed by atoms with Crippen molar-refractivity contribution in [2.75, 3.05) is 13.6 Å². The largest absolute Gasteiger partial charge is 0.296 e. The van der Waals surface area contributed by atoms with E-state index >= 15 is 0 Å². The number of sulfonamides is 1. The molecule has 1 aliphatic rings. The van der Waals surface area contributed by atoms with Crippen molar-refractivity contribution in [3.63, 3.8) is 0 Å². The molecule has 11 heteroatoms. The van der Waals surface area contributed by atoms with Crippen molar-refractivity contribution in [3.8, 4) is 0 Å². The van der Waals surface area contributed by atoms with Crippen molar-refractivity contribution >= 4 is 27.2 Å². The summed E-state index contributed by atoms with van der Waals surface area (Å²) in [6, 6.07) is 2.38. The number of ketones is 1. The first-order chi connectivity index (χ1) is 12.1. The summed E-state index contributed by atoms with van der Waals surface area (Å²) in [6.45, 7) is -0.0337. The zero-order valence-corrected chi connectivity index (χ0v) is 14.8. The molecule has 0 unspecified atom stereocenters. The summed E-state index contributed by atoms with van der Waals surface area (Å²) in [7, 11) is -3.00. The highest BCUT2D eigenvalue weighted by molar-refractivity contribution is 7.89. The van der Waals surface area contributed by atoms with Gasteiger partial charge in [0.15, 0.2) is 10.7 Å². The molecule has 0 saturated heterocycles. The number of nitro groups is 2. The number of hydrogen-bond donors (Lipinski definition) is 0. The maximum atomic E-state index is 12.6. The van der Waals surface area contributed by atoms with Gasteiger partial charge < -0.3 is 0 Å². The van der Waals surface area contributed by atoms with Crippen LogP contribution in [-0.2, 0) is 14.8 Å². The SMILES string of the molecule is CN(CCC1=CCCCC1=O)S(=O)(=O)c1ccc([N+](=O)[O-])cc1[N+](=O)[O-]. The fourth-order valence-electron chi connectivity index (χ4n) is 2.60. The number of allylic oxidation sites excluding steroid dienone is 1. The van der Waals surface area contributed by atoms with Gasteiger partial charge in [-0.2, -0.15) is 0 Å². The molecule has 0 spiro atoms. The minimum absolute atomic E-state index is 0.0247. The van der Waals surface area contributed by atoms with E-state index in [9.17, 15) is 33.4 Å². The smallest absolute Gasteiger partial charge is 0.295 e. The predicted molar refractivity (Wildman–Crippen MR) is 91.1 cm³/mol. The lowest BCUT2D eigenvalue weighted by molar-refractivity contribution is -0.396. The van der Waals surface area contributed by atoms with Gasteiger partial charge in [-0.1, -0.05) is 6.08 Å². The van der Waals surface area contributed by atoms with Crippen LogP contribution in [0.4, 0.5) is 11.4 Å². The molecule has 0 saturated carbocycles. The molecule has 0 heterocycles. The Balaban J connectivity index is 2.28. The highest BCUT2D eigenvalue weighted by Gasteiger charge is 2.31. The number of carbonyl (C=O) groups is 1. The van der Waals surface area contributed by atoms with Gasteiger partial charge in [-0.25, -0.2) is 12.7 Å². The number of benzene rings is 1. The second kappa shape index (κ2) is 7.70. The molecule has 0 aromatic heterocycles. The van der Waals surface area contributed by atoms with E-state index in [1.165, 1.54) is 7.05 Å². The second-order valence-corrected chi connectivity index (χ2v) is 7.80. The van der Waals surface area contributed by atoms with Gasteiger partial charge >= 0.3 is 0 Å². The van der Waals surface area contributed by atoms with Crippen molar-refractivity contribution < 1.29 is 23.1 Å². The zero-order valence-electron chi connectivity index (χ0n) is 14.0. The summed E-state index contributed by atoms with van der Waals surface area (Å²) in [5, 5.41) is 21.9. The lowest BCUT2D eigenvalue weighted by Gasteiger charge is -2.19. The second-order valence-electron chi connectivity index (χ2n) is 5.79. The molecule has 0 bridgehead atoms. The highest BCUT2D eigenvalue weighted by atomic mass is 32.2. The third-order valence-electron chi connectivity index (χ3n) is 4.09. The molecular formula is C15H17N3O7S. The molecule has 0 atom stereocenters. The summed E-state index contributed by atoms with van der Waals surface area (Å²) in [6.07, 6.45) is 3.93. The van der Waals surface area contributed by atoms with Crippen LogP contribution in [0.1, 0.15) is 25.7 Å². The Bertz CT molecular complexity index is 893. The van der Waals surface area contributed by atoms with Gasteiger partial charge in [0.1, 0.15) is 0 Å². The maximum absolute atomic E-state index is 12.6. The zero-order chi connectivity index (χ0) is 19.5. The van der Waals surface area contributed by atoms with Crippen LogP contribution < -0.4 is 0 Å². The maximum Gasteiger partial charge on any atom is 0.296 e. The number of non-ortho nitro benzene ring substituents is 1. The van der Waals surface area contributed by atoms with Crippen LogP contribution in [0.3, 0.4) is 0 Å². The predicted octanol–water partition coefficient (Wildman–Crippen LogP) is 2.19. The van der Waals surface area contributed by atoms with Crippen molar-refractivity contribution in [2.45, 2.75) is 30.6 Å². The Morgan fingerprint density at radius 2 is 1.88 bits per heavy atom. The van der Waals surface area contributed by atoms with Crippen molar-refractivity contribution in [2.24, 2.45) is 0 Å². The Labute approximate surface area is 149 Å². The van der Waals surface area contributed by atoms with Crippen molar-refractivity contribution in [1.82, 2.24) is 4.31 Å². The van der Waals surface area contributed by atoms with Gasteiger partial charge in [0.05, 0.1) is 15.9 Å². The van der Waals surface area contributed by atoms with Gasteiger partial charge in [-0.3, -0.25) is 25.0 Å². The van der Waals surface area contributed by atoms with E-state index in [0.717, 1.165) is 29.3 Å². The molecule has 0 fully saturated rings. The van der Waals surface area contributed by atoms with Crippen molar-refractivity contribution in [3.05, 3.63) is 50.1 Å². The molecule has 1 aliphatic carbocycles. The van der Waals surface area contributed by atoms with E-state index < -0.39 is 36.1 Å². The van der Waals surface area contributed by atoms with Gasteiger partial charge in [0.2, 0.25) is 10.0 Å². The van der Waals surface area contributed by atoms with E-state index in [1.54, 1.807) is 6.08 Å². The molecule has 0 aliphatic heterocycles. The fourth-order valence-corrected chi connectivity index (χ4v) is 3.91. The van der Waals surface area contributed by atoms with Gasteiger partial charge in [-0.15, -0.1) is 0 Å². The molecule has 2 rings (SSSR count). The van der Waals surface area contributed by atoms with Crippen LogP contribution in [0.5, 0.6) is 0 Å². The number of nitrogens with zero attached hydrogens (tertiary/aromatic N) is 3. The lowest BCUT2D eigenvalue weighted by atomic mass is 9.96. The van der Waals surface area contributed by atoms with Gasteiger partial charge in [0, 0.05) is 26.1 Å². The first-order valence-corrected chi connectivity index (χ1v) is 9.20. The van der Waals surface area contributed by atoms with E-state index in [0.29, 0.717) is 18.1 Å². The van der Waals surface area contributed by atoms with Crippen molar-refractivity contribution in [1.29, 1.82) is 0 Å². The first-order valence-electron chi connectivity index (χ1n) is 7.76. The molecule has 140 valence electrons. The Hall–Kier alpha value is -2.66. The molecular weight excluding hydrogens is 366 g/mol. The standard InChI is InChI=1S/C15H17N3O7S/c1-16(9-8-11-4-2-3-5-14(11)19)26(24,25)15-7-6-12(17(20)21)10-13(15)18(22)23/h4,6-7,10H,2-3,5,8-9H2,1H3. The molecule has 1 aromatic rings. The van der Waals surface area contributed by atoms with E-state index in [4.69, 9.17) is 0 Å². The lowest BCUT2D eigenvalue weighted by Crippen LogP contribution is -2.29. The summed E-state index contributed by atoms with van der Waals surface area (Å²) >= 11 is 0. The Morgan fingerprint density at radius 3 is 2.46 bits per heavy atom. The van der Waals surface area contributed by atoms with Crippen LogP contribution in [0.15, 0.2) is 34.7 Å². The van der Waals surface area contributed by atoms with Crippen LogP contribution in [0.25, 0.3) is 0 Å². The monoisotopic (exact) mass is 383 g/mol. The average molecular weight is 383 g/mol. The van der Waals surface area contributed by atoms with Gasteiger partial charge in [0.25, 0.3) is 11.4 Å². The highest BCUT2D eigenvalue weighted by Crippen LogP contribution is 2.30. The Morgan fingerprint density at radius 1 is 1.19 bits per heavy atom. The summed E-state index contributed by atoms with van der Waals surface area (Å²) < 4.78 is 26.2. The van der Waals surface area contributed by atoms with E-state index in [2.05, 4.69) is 0 Å². The van der Waals surface area contributed by atoms with Gasteiger partial charge in [-0.05, 0) is 30.9 Å².